The molecule has 0 fully saturated rings. The summed E-state index contributed by atoms with van der Waals surface area (Å²) < 4.78 is 5.67. The van der Waals surface area contributed by atoms with Crippen LogP contribution < -0.4 is 5.32 Å². The summed E-state index contributed by atoms with van der Waals surface area (Å²) in [6.07, 6.45) is 2.49. The van der Waals surface area contributed by atoms with E-state index in [1.807, 2.05) is 18.2 Å². The minimum atomic E-state index is -0.378. The van der Waals surface area contributed by atoms with Crippen LogP contribution in [0.1, 0.15) is 39.7 Å². The third kappa shape index (κ3) is 3.48. The van der Waals surface area contributed by atoms with Gasteiger partial charge in [0.2, 0.25) is 0 Å². The van der Waals surface area contributed by atoms with Crippen molar-refractivity contribution in [3.63, 3.8) is 0 Å². The first kappa shape index (κ1) is 16.7. The Morgan fingerprint density at radius 1 is 1.11 bits per heavy atom. The Hall–Kier alpha value is -3.72. The summed E-state index contributed by atoms with van der Waals surface area (Å²) in [7, 11) is 0. The third-order valence-corrected chi connectivity index (χ3v) is 4.48. The average Bonchev–Trinajstić information content (AvgIpc) is 3.13. The van der Waals surface area contributed by atoms with Crippen LogP contribution in [-0.2, 0) is 11.2 Å². The van der Waals surface area contributed by atoms with E-state index in [9.17, 15) is 4.79 Å². The molecule has 1 N–H and O–H groups in total. The molecule has 0 bridgehead atoms. The second-order valence-corrected chi connectivity index (χ2v) is 6.20. The first-order valence-corrected chi connectivity index (χ1v) is 8.61. The summed E-state index contributed by atoms with van der Waals surface area (Å²) in [5.41, 5.74) is 3.65. The number of ether oxygens (including phenoxy) is 1. The van der Waals surface area contributed by atoms with Gasteiger partial charge in [0, 0.05) is 11.3 Å². The van der Waals surface area contributed by atoms with E-state index >= 15 is 0 Å². The second kappa shape index (κ2) is 7.26. The van der Waals surface area contributed by atoms with Crippen molar-refractivity contribution in [3.8, 4) is 6.07 Å². The highest BCUT2D eigenvalue weighted by Gasteiger charge is 2.30. The standard InChI is InChI=1S/C21H16N4O2/c22-12-14-6-8-16(9-7-14)25-20-17-10-11-18(19(17)23-13-24-20)27-21(26)15-4-2-1-3-5-15/h1-9,13,18H,10-11H2,(H,23,24,25). The van der Waals surface area contributed by atoms with E-state index in [0.29, 0.717) is 23.4 Å². The first-order chi connectivity index (χ1) is 13.2. The zero-order valence-electron chi connectivity index (χ0n) is 14.4. The Labute approximate surface area is 156 Å². The van der Waals surface area contributed by atoms with Crippen LogP contribution in [0.3, 0.4) is 0 Å². The summed E-state index contributed by atoms with van der Waals surface area (Å²) in [6, 6.07) is 18.2. The minimum absolute atomic E-state index is 0.353. The number of anilines is 2. The predicted octanol–water partition coefficient (Wildman–Crippen LogP) is 3.94. The molecule has 3 aromatic rings. The molecule has 6 nitrogen and oxygen atoms in total. The quantitative estimate of drug-likeness (QED) is 0.713. The van der Waals surface area contributed by atoms with Crippen molar-refractivity contribution in [1.29, 1.82) is 5.26 Å². The largest absolute Gasteiger partial charge is 0.452 e. The number of hydrogen-bond acceptors (Lipinski definition) is 6. The van der Waals surface area contributed by atoms with Gasteiger partial charge in [-0.05, 0) is 49.2 Å². The minimum Gasteiger partial charge on any atom is -0.452 e. The molecular formula is C21H16N4O2. The lowest BCUT2D eigenvalue weighted by Gasteiger charge is -2.13. The number of hydrogen-bond donors (Lipinski definition) is 1. The van der Waals surface area contributed by atoms with E-state index in [1.165, 1.54) is 6.33 Å². The highest BCUT2D eigenvalue weighted by molar-refractivity contribution is 5.89. The lowest BCUT2D eigenvalue weighted by Crippen LogP contribution is -2.11. The molecule has 6 heteroatoms. The van der Waals surface area contributed by atoms with E-state index in [2.05, 4.69) is 21.4 Å². The summed E-state index contributed by atoms with van der Waals surface area (Å²) in [5, 5.41) is 12.2. The van der Waals surface area contributed by atoms with Gasteiger partial charge >= 0.3 is 5.97 Å². The number of carbonyl (C=O) groups excluding carboxylic acids is 1. The Morgan fingerprint density at radius 3 is 2.63 bits per heavy atom. The zero-order valence-corrected chi connectivity index (χ0v) is 14.4. The lowest BCUT2D eigenvalue weighted by atomic mass is 10.2. The van der Waals surface area contributed by atoms with Gasteiger partial charge in [0.1, 0.15) is 18.2 Å². The van der Waals surface area contributed by atoms with Crippen LogP contribution in [-0.4, -0.2) is 15.9 Å². The number of nitrogens with zero attached hydrogens (tertiary/aromatic N) is 3. The Kier molecular flexibility index (Phi) is 4.50. The van der Waals surface area contributed by atoms with Gasteiger partial charge in [-0.1, -0.05) is 18.2 Å². The Bertz CT molecular complexity index is 1010. The molecule has 1 aromatic heterocycles. The molecule has 1 heterocycles. The molecule has 27 heavy (non-hydrogen) atoms. The van der Waals surface area contributed by atoms with Crippen molar-refractivity contribution in [2.75, 3.05) is 5.32 Å². The first-order valence-electron chi connectivity index (χ1n) is 8.61. The third-order valence-electron chi connectivity index (χ3n) is 4.48. The van der Waals surface area contributed by atoms with Crippen LogP contribution >= 0.6 is 0 Å². The summed E-state index contributed by atoms with van der Waals surface area (Å²) in [4.78, 5) is 21.0. The summed E-state index contributed by atoms with van der Waals surface area (Å²) in [5.74, 6) is 0.344. The number of carbonyl (C=O) groups is 1. The number of nitriles is 1. The molecule has 1 aliphatic carbocycles. The normalized spacial score (nSPS) is 14.9. The zero-order chi connectivity index (χ0) is 18.6. The molecule has 2 aromatic carbocycles. The van der Waals surface area contributed by atoms with Crippen molar-refractivity contribution in [2.45, 2.75) is 18.9 Å². The van der Waals surface area contributed by atoms with E-state index in [4.69, 9.17) is 10.00 Å². The molecule has 0 radical (unpaired) electrons. The molecule has 0 aliphatic heterocycles. The average molecular weight is 356 g/mol. The molecular weight excluding hydrogens is 340 g/mol. The topological polar surface area (TPSA) is 87.9 Å². The monoisotopic (exact) mass is 356 g/mol. The van der Waals surface area contributed by atoms with Crippen LogP contribution in [0.25, 0.3) is 0 Å². The van der Waals surface area contributed by atoms with Gasteiger partial charge in [-0.2, -0.15) is 5.26 Å². The summed E-state index contributed by atoms with van der Waals surface area (Å²) >= 11 is 0. The highest BCUT2D eigenvalue weighted by Crippen LogP contribution is 2.36. The molecule has 0 saturated carbocycles. The summed E-state index contributed by atoms with van der Waals surface area (Å²) in [6.45, 7) is 0. The van der Waals surface area contributed by atoms with Crippen molar-refractivity contribution in [2.24, 2.45) is 0 Å². The molecule has 0 amide bonds. The fourth-order valence-corrected chi connectivity index (χ4v) is 3.12. The molecule has 0 saturated heterocycles. The number of esters is 1. The van der Waals surface area contributed by atoms with Crippen LogP contribution in [0.4, 0.5) is 11.5 Å². The molecule has 1 atom stereocenters. The van der Waals surface area contributed by atoms with Gasteiger partial charge in [-0.25, -0.2) is 14.8 Å². The number of benzene rings is 2. The van der Waals surface area contributed by atoms with E-state index in [1.54, 1.807) is 36.4 Å². The van der Waals surface area contributed by atoms with E-state index in [0.717, 1.165) is 23.4 Å². The van der Waals surface area contributed by atoms with E-state index in [-0.39, 0.29) is 12.1 Å². The van der Waals surface area contributed by atoms with Gasteiger partial charge in [0.25, 0.3) is 0 Å². The lowest BCUT2D eigenvalue weighted by molar-refractivity contribution is 0.0292. The van der Waals surface area contributed by atoms with Crippen LogP contribution in [0.5, 0.6) is 0 Å². The van der Waals surface area contributed by atoms with Crippen molar-refractivity contribution in [1.82, 2.24) is 9.97 Å². The van der Waals surface area contributed by atoms with Crippen molar-refractivity contribution < 1.29 is 9.53 Å². The smallest absolute Gasteiger partial charge is 0.338 e. The van der Waals surface area contributed by atoms with Gasteiger partial charge in [-0.15, -0.1) is 0 Å². The molecule has 1 aliphatic rings. The maximum Gasteiger partial charge on any atom is 0.338 e. The molecule has 132 valence electrons. The van der Waals surface area contributed by atoms with Crippen molar-refractivity contribution in [3.05, 3.63) is 83.3 Å². The number of nitrogens with one attached hydrogen (secondary N) is 1. The maximum atomic E-state index is 12.3. The fraction of sp³-hybridized carbons (Fsp3) is 0.143. The Balaban J connectivity index is 1.53. The van der Waals surface area contributed by atoms with Gasteiger partial charge in [-0.3, -0.25) is 0 Å². The van der Waals surface area contributed by atoms with Gasteiger partial charge < -0.3 is 10.1 Å². The molecule has 1 unspecified atom stereocenters. The van der Waals surface area contributed by atoms with Crippen molar-refractivity contribution >= 4 is 17.5 Å². The molecule has 4 rings (SSSR count). The second-order valence-electron chi connectivity index (χ2n) is 6.20. The van der Waals surface area contributed by atoms with Gasteiger partial charge in [0.05, 0.1) is 22.9 Å². The SMILES string of the molecule is N#Cc1ccc(Nc2ncnc3c2CCC3OC(=O)c2ccccc2)cc1. The predicted molar refractivity (Wildman–Crippen MR) is 99.4 cm³/mol. The number of rotatable bonds is 4. The molecule has 0 spiro atoms. The van der Waals surface area contributed by atoms with Crippen LogP contribution in [0.15, 0.2) is 60.9 Å². The fourth-order valence-electron chi connectivity index (χ4n) is 3.12. The van der Waals surface area contributed by atoms with Crippen LogP contribution in [0.2, 0.25) is 0 Å². The van der Waals surface area contributed by atoms with Gasteiger partial charge in [0.15, 0.2) is 0 Å². The highest BCUT2D eigenvalue weighted by atomic mass is 16.5. The number of fused-ring (bicyclic) bond motifs is 1. The number of aromatic nitrogens is 2. The van der Waals surface area contributed by atoms with Crippen LogP contribution in [0, 0.1) is 11.3 Å². The van der Waals surface area contributed by atoms with E-state index < -0.39 is 0 Å². The Morgan fingerprint density at radius 2 is 1.89 bits per heavy atom. The maximum absolute atomic E-state index is 12.3.